The van der Waals surface area contributed by atoms with E-state index < -0.39 is 15.9 Å². The van der Waals surface area contributed by atoms with Crippen LogP contribution in [0.25, 0.3) is 0 Å². The fraction of sp³-hybridized carbons (Fsp3) is 0.593. The predicted octanol–water partition coefficient (Wildman–Crippen LogP) is 4.06. The molecule has 0 spiro atoms. The number of ether oxygens (including phenoxy) is 1. The van der Waals surface area contributed by atoms with Gasteiger partial charge in [-0.25, -0.2) is 8.42 Å². The molecule has 1 aromatic carbocycles. The van der Waals surface area contributed by atoms with Crippen LogP contribution in [-0.2, 0) is 25.8 Å². The number of aliphatic hydroxyl groups excluding tert-OH is 1. The number of aromatic nitrogens is 2. The van der Waals surface area contributed by atoms with Crippen LogP contribution in [0.15, 0.2) is 35.5 Å². The summed E-state index contributed by atoms with van der Waals surface area (Å²) < 4.78 is 31.7. The van der Waals surface area contributed by atoms with Crippen molar-refractivity contribution in [2.45, 2.75) is 86.4 Å². The van der Waals surface area contributed by atoms with Crippen molar-refractivity contribution in [1.82, 2.24) is 9.97 Å². The SMILES string of the molecule is CC(O)c1cnc(CC(=O)[C@H](CC2CCOCC2)c2ccc(S(=O)(=O)C3CC3)c(C3CC3)c2)cn1. The molecule has 1 N–H and O–H groups in total. The van der Waals surface area contributed by atoms with E-state index >= 15 is 0 Å². The molecule has 35 heavy (non-hydrogen) atoms. The van der Waals surface area contributed by atoms with Crippen molar-refractivity contribution in [3.05, 3.63) is 53.1 Å². The summed E-state index contributed by atoms with van der Waals surface area (Å²) in [5, 5.41) is 9.44. The van der Waals surface area contributed by atoms with Crippen LogP contribution in [0.5, 0.6) is 0 Å². The van der Waals surface area contributed by atoms with Gasteiger partial charge in [-0.1, -0.05) is 12.1 Å². The monoisotopic (exact) mass is 498 g/mol. The zero-order chi connectivity index (χ0) is 24.6. The maximum Gasteiger partial charge on any atom is 0.181 e. The van der Waals surface area contributed by atoms with Crippen molar-refractivity contribution in [1.29, 1.82) is 0 Å². The van der Waals surface area contributed by atoms with Gasteiger partial charge in [-0.2, -0.15) is 0 Å². The van der Waals surface area contributed by atoms with Crippen LogP contribution in [0.1, 0.15) is 92.3 Å². The Labute approximate surface area is 207 Å². The third kappa shape index (κ3) is 5.65. The van der Waals surface area contributed by atoms with E-state index in [1.54, 1.807) is 19.2 Å². The van der Waals surface area contributed by atoms with Crippen LogP contribution < -0.4 is 0 Å². The summed E-state index contributed by atoms with van der Waals surface area (Å²) in [6, 6.07) is 5.64. The Morgan fingerprint density at radius 2 is 1.83 bits per heavy atom. The molecule has 3 fully saturated rings. The van der Waals surface area contributed by atoms with Crippen molar-refractivity contribution in [3.63, 3.8) is 0 Å². The Morgan fingerprint density at radius 1 is 1.09 bits per heavy atom. The van der Waals surface area contributed by atoms with Crippen LogP contribution in [0.3, 0.4) is 0 Å². The van der Waals surface area contributed by atoms with Gasteiger partial charge in [-0.3, -0.25) is 14.8 Å². The van der Waals surface area contributed by atoms with Crippen molar-refractivity contribution in [3.8, 4) is 0 Å². The van der Waals surface area contributed by atoms with Crippen LogP contribution in [0, 0.1) is 5.92 Å². The third-order valence-corrected chi connectivity index (χ3v) is 9.86. The molecule has 1 aliphatic heterocycles. The first kappa shape index (κ1) is 24.5. The quantitative estimate of drug-likeness (QED) is 0.526. The number of hydrogen-bond acceptors (Lipinski definition) is 7. The van der Waals surface area contributed by atoms with Gasteiger partial charge in [0.2, 0.25) is 0 Å². The fourth-order valence-electron chi connectivity index (χ4n) is 5.06. The zero-order valence-electron chi connectivity index (χ0n) is 20.2. The zero-order valence-corrected chi connectivity index (χ0v) is 21.0. The van der Waals surface area contributed by atoms with E-state index in [9.17, 15) is 18.3 Å². The normalized spacial score (nSPS) is 21.0. The summed E-state index contributed by atoms with van der Waals surface area (Å²) >= 11 is 0. The molecular formula is C27H34N2O5S. The molecule has 7 nitrogen and oxygen atoms in total. The van der Waals surface area contributed by atoms with Gasteiger partial charge in [0.1, 0.15) is 5.78 Å². The van der Waals surface area contributed by atoms with Crippen LogP contribution in [-0.4, -0.2) is 47.7 Å². The maximum absolute atomic E-state index is 13.6. The van der Waals surface area contributed by atoms with Crippen LogP contribution >= 0.6 is 0 Å². The smallest absolute Gasteiger partial charge is 0.181 e. The van der Waals surface area contributed by atoms with Crippen molar-refractivity contribution in [2.75, 3.05) is 13.2 Å². The summed E-state index contributed by atoms with van der Waals surface area (Å²) in [5.41, 5.74) is 2.86. The van der Waals surface area contributed by atoms with Crippen molar-refractivity contribution < 1.29 is 23.1 Å². The number of benzene rings is 1. The Balaban J connectivity index is 1.44. The number of rotatable bonds is 10. The highest BCUT2D eigenvalue weighted by Crippen LogP contribution is 2.46. The highest BCUT2D eigenvalue weighted by molar-refractivity contribution is 7.92. The molecule has 2 aromatic rings. The van der Waals surface area contributed by atoms with E-state index in [2.05, 4.69) is 9.97 Å². The van der Waals surface area contributed by atoms with Gasteiger partial charge in [-0.05, 0) is 80.9 Å². The minimum atomic E-state index is -3.29. The molecule has 2 aliphatic carbocycles. The van der Waals surface area contributed by atoms with Gasteiger partial charge < -0.3 is 9.84 Å². The number of ketones is 1. The molecule has 1 unspecified atom stereocenters. The van der Waals surface area contributed by atoms with E-state index in [1.165, 1.54) is 6.20 Å². The van der Waals surface area contributed by atoms with E-state index in [0.717, 1.165) is 56.1 Å². The number of nitrogens with zero attached hydrogens (tertiary/aromatic N) is 2. The Morgan fingerprint density at radius 3 is 2.43 bits per heavy atom. The predicted molar refractivity (Wildman–Crippen MR) is 131 cm³/mol. The Kier molecular flexibility index (Phi) is 7.06. The second kappa shape index (κ2) is 10.1. The van der Waals surface area contributed by atoms with Crippen molar-refractivity contribution >= 4 is 15.6 Å². The lowest BCUT2D eigenvalue weighted by Gasteiger charge is -2.27. The van der Waals surface area contributed by atoms with Gasteiger partial charge in [0.15, 0.2) is 9.84 Å². The average Bonchev–Trinajstić information content (AvgIpc) is 3.76. The molecule has 2 saturated carbocycles. The minimum Gasteiger partial charge on any atom is -0.387 e. The first-order valence-corrected chi connectivity index (χ1v) is 14.3. The lowest BCUT2D eigenvalue weighted by Crippen LogP contribution is -2.23. The minimum absolute atomic E-state index is 0.0649. The van der Waals surface area contributed by atoms with Crippen molar-refractivity contribution in [2.24, 2.45) is 5.92 Å². The van der Waals surface area contributed by atoms with E-state index in [0.29, 0.717) is 35.4 Å². The second-order valence-electron chi connectivity index (χ2n) is 10.4. The molecule has 0 radical (unpaired) electrons. The highest BCUT2D eigenvalue weighted by Gasteiger charge is 2.40. The summed E-state index contributed by atoms with van der Waals surface area (Å²) in [7, 11) is -3.29. The highest BCUT2D eigenvalue weighted by atomic mass is 32.2. The van der Waals surface area contributed by atoms with Gasteiger partial charge in [-0.15, -0.1) is 0 Å². The topological polar surface area (TPSA) is 106 Å². The number of aliphatic hydroxyl groups is 1. The van der Waals surface area contributed by atoms with Gasteiger partial charge in [0.05, 0.1) is 40.3 Å². The largest absolute Gasteiger partial charge is 0.387 e. The number of hydrogen-bond donors (Lipinski definition) is 1. The molecular weight excluding hydrogens is 464 g/mol. The van der Waals surface area contributed by atoms with E-state index in [1.807, 2.05) is 12.1 Å². The number of carbonyl (C=O) groups is 1. The molecule has 1 aromatic heterocycles. The molecule has 1 saturated heterocycles. The number of carbonyl (C=O) groups excluding carboxylic acids is 1. The Hall–Kier alpha value is -2.16. The average molecular weight is 499 g/mol. The van der Waals surface area contributed by atoms with Gasteiger partial charge >= 0.3 is 0 Å². The maximum atomic E-state index is 13.6. The molecule has 0 bridgehead atoms. The lowest BCUT2D eigenvalue weighted by molar-refractivity contribution is -0.120. The molecule has 188 valence electrons. The number of Topliss-reactive ketones (excluding diaryl/α,β-unsaturated/α-hetero) is 1. The lowest BCUT2D eigenvalue weighted by atomic mass is 9.81. The molecule has 2 atom stereocenters. The van der Waals surface area contributed by atoms with Gasteiger partial charge in [0, 0.05) is 25.3 Å². The third-order valence-electron chi connectivity index (χ3n) is 7.53. The van der Waals surface area contributed by atoms with Crippen LogP contribution in [0.2, 0.25) is 0 Å². The summed E-state index contributed by atoms with van der Waals surface area (Å²) in [6.07, 6.45) is 8.59. The molecule has 2 heterocycles. The molecule has 5 rings (SSSR count). The summed E-state index contributed by atoms with van der Waals surface area (Å²) in [4.78, 5) is 22.7. The number of sulfone groups is 1. The standard InChI is InChI=1S/C27H34N2O5S/c1-17(30)25-16-28-21(15-29-25)14-26(31)23(12-18-8-10-34-11-9-18)20-4-7-27(24(13-20)19-2-3-19)35(32,33)22-5-6-22/h4,7,13,15-19,22-23,30H,2-3,5-6,8-12,14H2,1H3/t17?,23-/m1/s1. The Bertz CT molecular complexity index is 1160. The summed E-state index contributed by atoms with van der Waals surface area (Å²) in [5.74, 6) is 0.401. The first-order valence-electron chi connectivity index (χ1n) is 12.8. The van der Waals surface area contributed by atoms with Gasteiger partial charge in [0.25, 0.3) is 0 Å². The summed E-state index contributed by atoms with van der Waals surface area (Å²) in [6.45, 7) is 3.05. The molecule has 3 aliphatic rings. The first-order chi connectivity index (χ1) is 16.8. The van der Waals surface area contributed by atoms with Crippen LogP contribution in [0.4, 0.5) is 0 Å². The second-order valence-corrected chi connectivity index (χ2v) is 12.6. The molecule has 8 heteroatoms. The fourth-order valence-corrected chi connectivity index (χ4v) is 6.98. The van der Waals surface area contributed by atoms with E-state index in [4.69, 9.17) is 4.74 Å². The molecule has 0 amide bonds. The van der Waals surface area contributed by atoms with E-state index in [-0.39, 0.29) is 29.3 Å².